The normalized spacial score (nSPS) is 11.0. The first-order valence-electron chi connectivity index (χ1n) is 8.77. The van der Waals surface area contributed by atoms with Crippen LogP contribution in [0.25, 0.3) is 5.78 Å². The number of hydrogen-bond acceptors (Lipinski definition) is 6. The third-order valence-corrected chi connectivity index (χ3v) is 4.54. The molecule has 0 atom stereocenters. The summed E-state index contributed by atoms with van der Waals surface area (Å²) in [4.78, 5) is 22.7. The minimum Gasteiger partial charge on any atom is -0.492 e. The molecule has 1 amide bonds. The Morgan fingerprint density at radius 3 is 2.59 bits per heavy atom. The van der Waals surface area contributed by atoms with Gasteiger partial charge >= 0.3 is 0 Å². The molecule has 3 aromatic rings. The Morgan fingerprint density at radius 2 is 1.89 bits per heavy atom. The number of nitrogens with zero attached hydrogens (tertiary/aromatic N) is 5. The van der Waals surface area contributed by atoms with Gasteiger partial charge in [0.2, 0.25) is 11.9 Å². The third-order valence-electron chi connectivity index (χ3n) is 4.54. The molecule has 0 aliphatic carbocycles. The maximum Gasteiger partial charge on any atom is 0.254 e. The van der Waals surface area contributed by atoms with Crippen LogP contribution in [0.5, 0.6) is 5.75 Å². The Labute approximate surface area is 158 Å². The molecule has 8 nitrogen and oxygen atoms in total. The van der Waals surface area contributed by atoms with Crippen LogP contribution in [0.15, 0.2) is 24.3 Å². The number of aromatic nitrogens is 4. The quantitative estimate of drug-likeness (QED) is 0.711. The first-order valence-corrected chi connectivity index (χ1v) is 8.77. The van der Waals surface area contributed by atoms with E-state index in [2.05, 4.69) is 15.1 Å². The number of carbonyl (C=O) groups is 1. The number of anilines is 1. The van der Waals surface area contributed by atoms with Crippen LogP contribution in [0.3, 0.4) is 0 Å². The number of amides is 1. The van der Waals surface area contributed by atoms with Crippen molar-refractivity contribution in [3.05, 3.63) is 46.8 Å². The number of carbonyl (C=O) groups excluding carboxylic acids is 1. The summed E-state index contributed by atoms with van der Waals surface area (Å²) in [5, 5.41) is 4.13. The second-order valence-corrected chi connectivity index (χ2v) is 6.60. The minimum absolute atomic E-state index is 0.0112. The standard InChI is InChI=1S/C19H24N6O2/c1-12-5-7-15(8-6-12)27-10-9-24(4)17(26)11-16-13(2)21-19-22-18(20)23-25(19)14(16)3/h5-8H,9-11H2,1-4H3,(H2,20,23). The molecular weight excluding hydrogens is 344 g/mol. The van der Waals surface area contributed by atoms with Crippen LogP contribution >= 0.6 is 0 Å². The van der Waals surface area contributed by atoms with Gasteiger partial charge < -0.3 is 15.4 Å². The highest BCUT2D eigenvalue weighted by molar-refractivity contribution is 5.79. The van der Waals surface area contributed by atoms with E-state index in [9.17, 15) is 4.79 Å². The zero-order valence-corrected chi connectivity index (χ0v) is 16.1. The zero-order chi connectivity index (χ0) is 19.6. The molecule has 0 bridgehead atoms. The highest BCUT2D eigenvalue weighted by Crippen LogP contribution is 2.16. The van der Waals surface area contributed by atoms with Crippen molar-refractivity contribution in [1.82, 2.24) is 24.5 Å². The fourth-order valence-corrected chi connectivity index (χ4v) is 2.83. The van der Waals surface area contributed by atoms with Gasteiger partial charge in [0.15, 0.2) is 0 Å². The Hall–Kier alpha value is -3.16. The molecule has 0 saturated carbocycles. The molecule has 8 heteroatoms. The highest BCUT2D eigenvalue weighted by atomic mass is 16.5. The van der Waals surface area contributed by atoms with E-state index in [0.717, 1.165) is 22.7 Å². The molecule has 0 unspecified atom stereocenters. The first kappa shape index (κ1) is 18.6. The maximum absolute atomic E-state index is 12.6. The summed E-state index contributed by atoms with van der Waals surface area (Å²) < 4.78 is 7.27. The fraction of sp³-hybridized carbons (Fsp3) is 0.368. The lowest BCUT2D eigenvalue weighted by Gasteiger charge is -2.19. The van der Waals surface area contributed by atoms with Gasteiger partial charge in [-0.1, -0.05) is 17.7 Å². The smallest absolute Gasteiger partial charge is 0.254 e. The lowest BCUT2D eigenvalue weighted by Crippen LogP contribution is -2.32. The van der Waals surface area contributed by atoms with Crippen molar-refractivity contribution in [2.75, 3.05) is 25.9 Å². The SMILES string of the molecule is Cc1ccc(OCCN(C)C(=O)Cc2c(C)nc3nc(N)nn3c2C)cc1. The summed E-state index contributed by atoms with van der Waals surface area (Å²) in [5.41, 5.74) is 9.24. The molecule has 2 heterocycles. The summed E-state index contributed by atoms with van der Waals surface area (Å²) >= 11 is 0. The van der Waals surface area contributed by atoms with Crippen molar-refractivity contribution in [2.24, 2.45) is 0 Å². The number of nitrogen functional groups attached to an aromatic ring is 1. The van der Waals surface area contributed by atoms with Crippen molar-refractivity contribution in [1.29, 1.82) is 0 Å². The third kappa shape index (κ3) is 4.16. The van der Waals surface area contributed by atoms with Crippen molar-refractivity contribution in [3.63, 3.8) is 0 Å². The van der Waals surface area contributed by atoms with Gasteiger partial charge in [-0.05, 0) is 32.9 Å². The molecule has 0 fully saturated rings. The lowest BCUT2D eigenvalue weighted by molar-refractivity contribution is -0.129. The molecule has 0 aliphatic heterocycles. The average Bonchev–Trinajstić information content (AvgIpc) is 3.00. The second-order valence-electron chi connectivity index (χ2n) is 6.60. The molecule has 0 aliphatic rings. The fourth-order valence-electron chi connectivity index (χ4n) is 2.83. The number of likely N-dealkylation sites (N-methyl/N-ethyl adjacent to an activating group) is 1. The number of fused-ring (bicyclic) bond motifs is 1. The van der Waals surface area contributed by atoms with Gasteiger partial charge in [-0.15, -0.1) is 5.10 Å². The van der Waals surface area contributed by atoms with E-state index in [1.54, 1.807) is 16.5 Å². The summed E-state index contributed by atoms with van der Waals surface area (Å²) in [5.74, 6) is 1.40. The zero-order valence-electron chi connectivity index (χ0n) is 16.1. The van der Waals surface area contributed by atoms with Crippen molar-refractivity contribution in [2.45, 2.75) is 27.2 Å². The lowest BCUT2D eigenvalue weighted by atomic mass is 10.1. The number of rotatable bonds is 6. The summed E-state index contributed by atoms with van der Waals surface area (Å²) in [6.45, 7) is 6.71. The van der Waals surface area contributed by atoms with E-state index in [1.165, 1.54) is 5.56 Å². The second kappa shape index (κ2) is 7.61. The molecule has 2 N–H and O–H groups in total. The van der Waals surface area contributed by atoms with Gasteiger partial charge in [-0.3, -0.25) is 4.79 Å². The summed E-state index contributed by atoms with van der Waals surface area (Å²) in [7, 11) is 1.77. The van der Waals surface area contributed by atoms with Crippen molar-refractivity contribution < 1.29 is 9.53 Å². The first-order chi connectivity index (χ1) is 12.8. The Balaban J connectivity index is 1.62. The summed E-state index contributed by atoms with van der Waals surface area (Å²) in [6.07, 6.45) is 0.238. The maximum atomic E-state index is 12.6. The molecule has 3 rings (SSSR count). The van der Waals surface area contributed by atoms with Gasteiger partial charge in [0.05, 0.1) is 13.0 Å². The molecule has 2 aromatic heterocycles. The van der Waals surface area contributed by atoms with Crippen LogP contribution in [0.1, 0.15) is 22.5 Å². The highest BCUT2D eigenvalue weighted by Gasteiger charge is 2.17. The Kier molecular flexibility index (Phi) is 5.25. The van der Waals surface area contributed by atoms with Crippen molar-refractivity contribution in [3.8, 4) is 5.75 Å². The summed E-state index contributed by atoms with van der Waals surface area (Å²) in [6, 6.07) is 7.84. The van der Waals surface area contributed by atoms with Crippen molar-refractivity contribution >= 4 is 17.6 Å². The molecule has 0 saturated heterocycles. The van der Waals surface area contributed by atoms with Gasteiger partial charge in [-0.25, -0.2) is 4.98 Å². The molecular formula is C19H24N6O2. The number of hydrogen-bond donors (Lipinski definition) is 1. The van der Waals surface area contributed by atoms with Crippen LogP contribution in [0.4, 0.5) is 5.95 Å². The predicted octanol–water partition coefficient (Wildman–Crippen LogP) is 1.71. The average molecular weight is 368 g/mol. The van der Waals surface area contributed by atoms with Gasteiger partial charge in [0.25, 0.3) is 5.78 Å². The van der Waals surface area contributed by atoms with Gasteiger partial charge in [0.1, 0.15) is 12.4 Å². The minimum atomic E-state index is -0.0112. The molecule has 0 radical (unpaired) electrons. The number of ether oxygens (including phenoxy) is 1. The van der Waals surface area contributed by atoms with E-state index >= 15 is 0 Å². The van der Waals surface area contributed by atoms with E-state index in [1.807, 2.05) is 45.0 Å². The van der Waals surface area contributed by atoms with E-state index in [-0.39, 0.29) is 18.3 Å². The van der Waals surface area contributed by atoms with Gasteiger partial charge in [-0.2, -0.15) is 9.50 Å². The van der Waals surface area contributed by atoms with E-state index in [4.69, 9.17) is 10.5 Å². The Morgan fingerprint density at radius 1 is 1.19 bits per heavy atom. The van der Waals surface area contributed by atoms with Gasteiger partial charge in [0, 0.05) is 24.0 Å². The number of aryl methyl sites for hydroxylation is 3. The van der Waals surface area contributed by atoms with Crippen LogP contribution < -0.4 is 10.5 Å². The predicted molar refractivity (Wildman–Crippen MR) is 103 cm³/mol. The molecule has 27 heavy (non-hydrogen) atoms. The molecule has 1 aromatic carbocycles. The largest absolute Gasteiger partial charge is 0.492 e. The van der Waals surface area contributed by atoms with Crippen LogP contribution in [0, 0.1) is 20.8 Å². The van der Waals surface area contributed by atoms with Crippen LogP contribution in [0.2, 0.25) is 0 Å². The topological polar surface area (TPSA) is 98.6 Å². The Bertz CT molecular complexity index is 964. The van der Waals surface area contributed by atoms with Crippen LogP contribution in [-0.2, 0) is 11.2 Å². The van der Waals surface area contributed by atoms with E-state index in [0.29, 0.717) is 18.9 Å². The monoisotopic (exact) mass is 368 g/mol. The number of nitrogens with two attached hydrogens (primary N) is 1. The molecule has 142 valence electrons. The van der Waals surface area contributed by atoms with Crippen LogP contribution in [-0.4, -0.2) is 50.6 Å². The molecule has 0 spiro atoms. The van der Waals surface area contributed by atoms with E-state index < -0.39 is 0 Å². The number of benzene rings is 1.